The maximum Gasteiger partial charge on any atom is 0.333 e. The van der Waals surface area contributed by atoms with Crippen LogP contribution in [0.2, 0.25) is 0 Å². The smallest absolute Gasteiger partial charge is 0.333 e. The van der Waals surface area contributed by atoms with Crippen molar-refractivity contribution in [2.24, 2.45) is 0 Å². The molecule has 0 spiro atoms. The molecule has 68 valence electrons. The fraction of sp³-hybridized carbons (Fsp3) is 0.667. The third kappa shape index (κ3) is 1.85. The van der Waals surface area contributed by atoms with Crippen LogP contribution in [0.3, 0.4) is 0 Å². The van der Waals surface area contributed by atoms with E-state index in [0.29, 0.717) is 6.42 Å². The average Bonchev–Trinajstić information content (AvgIpc) is 2.05. The molecule has 0 bridgehead atoms. The van der Waals surface area contributed by atoms with E-state index in [1.54, 1.807) is 0 Å². The van der Waals surface area contributed by atoms with Gasteiger partial charge in [0, 0.05) is 6.42 Å². The molecule has 1 rings (SSSR count). The zero-order chi connectivity index (χ0) is 9.14. The van der Waals surface area contributed by atoms with Gasteiger partial charge in [0.15, 0.2) is 6.10 Å². The lowest BCUT2D eigenvalue weighted by Gasteiger charge is -2.26. The lowest BCUT2D eigenvalue weighted by molar-refractivity contribution is -0.153. The molecule has 1 aliphatic heterocycles. The maximum atomic E-state index is 10.6. The van der Waals surface area contributed by atoms with E-state index in [-0.39, 0.29) is 6.10 Å². The molecule has 0 aromatic rings. The Bertz CT molecular complexity index is 208. The van der Waals surface area contributed by atoms with Gasteiger partial charge in [-0.1, -0.05) is 13.0 Å². The van der Waals surface area contributed by atoms with Crippen LogP contribution < -0.4 is 0 Å². The molecular formula is C9H14O3. The number of rotatable bonds is 2. The molecule has 0 radical (unpaired) electrons. The van der Waals surface area contributed by atoms with Gasteiger partial charge in [-0.2, -0.15) is 0 Å². The molecule has 0 aliphatic carbocycles. The van der Waals surface area contributed by atoms with Crippen LogP contribution in [0.15, 0.2) is 11.6 Å². The Morgan fingerprint density at radius 3 is 3.00 bits per heavy atom. The fourth-order valence-corrected chi connectivity index (χ4v) is 1.36. The molecule has 0 unspecified atom stereocenters. The van der Waals surface area contributed by atoms with Gasteiger partial charge in [-0.25, -0.2) is 4.79 Å². The Kier molecular flexibility index (Phi) is 2.87. The van der Waals surface area contributed by atoms with Crippen molar-refractivity contribution in [3.05, 3.63) is 11.6 Å². The molecule has 0 fully saturated rings. The summed E-state index contributed by atoms with van der Waals surface area (Å²) in [5.41, 5.74) is 1.15. The zero-order valence-corrected chi connectivity index (χ0v) is 7.41. The van der Waals surface area contributed by atoms with E-state index >= 15 is 0 Å². The number of hydrogen-bond acceptors (Lipinski definition) is 2. The topological polar surface area (TPSA) is 46.5 Å². The SMILES string of the molecule is CC[C@@H]1O[C@@H](C(=O)O)CC=C1C. The maximum absolute atomic E-state index is 10.6. The van der Waals surface area contributed by atoms with E-state index in [1.165, 1.54) is 0 Å². The molecule has 2 atom stereocenters. The van der Waals surface area contributed by atoms with E-state index < -0.39 is 12.1 Å². The van der Waals surface area contributed by atoms with Gasteiger partial charge in [0.05, 0.1) is 6.10 Å². The van der Waals surface area contributed by atoms with E-state index in [0.717, 1.165) is 12.0 Å². The highest BCUT2D eigenvalue weighted by Crippen LogP contribution is 2.21. The van der Waals surface area contributed by atoms with Crippen LogP contribution in [0, 0.1) is 0 Å². The monoisotopic (exact) mass is 170 g/mol. The Labute approximate surface area is 72.0 Å². The van der Waals surface area contributed by atoms with Gasteiger partial charge in [-0.3, -0.25) is 0 Å². The number of hydrogen-bond donors (Lipinski definition) is 1. The third-order valence-electron chi connectivity index (χ3n) is 2.14. The van der Waals surface area contributed by atoms with E-state index in [9.17, 15) is 4.79 Å². The lowest BCUT2D eigenvalue weighted by atomic mass is 10.0. The van der Waals surface area contributed by atoms with Crippen molar-refractivity contribution in [1.82, 2.24) is 0 Å². The van der Waals surface area contributed by atoms with Crippen LogP contribution in [-0.4, -0.2) is 23.3 Å². The summed E-state index contributed by atoms with van der Waals surface area (Å²) in [6, 6.07) is 0. The number of aliphatic carboxylic acids is 1. The Hall–Kier alpha value is -0.830. The molecule has 12 heavy (non-hydrogen) atoms. The van der Waals surface area contributed by atoms with E-state index in [1.807, 2.05) is 19.9 Å². The van der Waals surface area contributed by atoms with Crippen LogP contribution >= 0.6 is 0 Å². The van der Waals surface area contributed by atoms with Crippen LogP contribution in [0.25, 0.3) is 0 Å². The van der Waals surface area contributed by atoms with E-state index in [2.05, 4.69) is 0 Å². The van der Waals surface area contributed by atoms with Gasteiger partial charge in [0.1, 0.15) is 0 Å². The first-order valence-electron chi connectivity index (χ1n) is 4.20. The average molecular weight is 170 g/mol. The van der Waals surface area contributed by atoms with Crippen LogP contribution in [0.4, 0.5) is 0 Å². The largest absolute Gasteiger partial charge is 0.479 e. The Morgan fingerprint density at radius 1 is 1.83 bits per heavy atom. The first-order valence-corrected chi connectivity index (χ1v) is 4.20. The van der Waals surface area contributed by atoms with Gasteiger partial charge in [-0.15, -0.1) is 0 Å². The van der Waals surface area contributed by atoms with Crippen molar-refractivity contribution in [1.29, 1.82) is 0 Å². The van der Waals surface area contributed by atoms with Crippen molar-refractivity contribution >= 4 is 5.97 Å². The Morgan fingerprint density at radius 2 is 2.50 bits per heavy atom. The molecule has 1 aliphatic rings. The highest BCUT2D eigenvalue weighted by molar-refractivity contribution is 5.72. The summed E-state index contributed by atoms with van der Waals surface area (Å²) in [7, 11) is 0. The highest BCUT2D eigenvalue weighted by atomic mass is 16.5. The van der Waals surface area contributed by atoms with Gasteiger partial charge >= 0.3 is 5.97 Å². The first kappa shape index (κ1) is 9.26. The minimum absolute atomic E-state index is 0.000139. The molecule has 3 heteroatoms. The minimum Gasteiger partial charge on any atom is -0.479 e. The molecule has 1 N–H and O–H groups in total. The molecular weight excluding hydrogens is 156 g/mol. The van der Waals surface area contributed by atoms with Crippen molar-refractivity contribution in [3.63, 3.8) is 0 Å². The summed E-state index contributed by atoms with van der Waals surface area (Å²) >= 11 is 0. The molecule has 3 nitrogen and oxygen atoms in total. The number of carbonyl (C=O) groups is 1. The van der Waals surface area contributed by atoms with Crippen molar-refractivity contribution < 1.29 is 14.6 Å². The highest BCUT2D eigenvalue weighted by Gasteiger charge is 2.25. The predicted molar refractivity (Wildman–Crippen MR) is 45.0 cm³/mol. The molecule has 0 amide bonds. The molecule has 1 heterocycles. The third-order valence-corrected chi connectivity index (χ3v) is 2.14. The van der Waals surface area contributed by atoms with Gasteiger partial charge < -0.3 is 9.84 Å². The quantitative estimate of drug-likeness (QED) is 0.640. The summed E-state index contributed by atoms with van der Waals surface area (Å²) in [4.78, 5) is 10.6. The van der Waals surface area contributed by atoms with Crippen molar-refractivity contribution in [2.45, 2.75) is 38.9 Å². The standard InChI is InChI=1S/C9H14O3/c1-3-7-6(2)4-5-8(12-7)9(10)11/h4,7-8H,3,5H2,1-2H3,(H,10,11)/t7-,8+/m0/s1. The zero-order valence-electron chi connectivity index (χ0n) is 7.41. The first-order chi connectivity index (χ1) is 5.65. The van der Waals surface area contributed by atoms with Gasteiger partial charge in [-0.05, 0) is 18.9 Å². The summed E-state index contributed by atoms with van der Waals surface area (Å²) in [5, 5.41) is 8.68. The van der Waals surface area contributed by atoms with E-state index in [4.69, 9.17) is 9.84 Å². The van der Waals surface area contributed by atoms with Gasteiger partial charge in [0.25, 0.3) is 0 Å². The second-order valence-corrected chi connectivity index (χ2v) is 3.04. The van der Waals surface area contributed by atoms with Gasteiger partial charge in [0.2, 0.25) is 0 Å². The summed E-state index contributed by atoms with van der Waals surface area (Å²) in [5.74, 6) is -0.864. The van der Waals surface area contributed by atoms with Crippen LogP contribution in [0.1, 0.15) is 26.7 Å². The molecule has 0 saturated heterocycles. The molecule has 0 aromatic heterocycles. The summed E-state index contributed by atoms with van der Waals surface area (Å²) in [6.07, 6.45) is 2.65. The number of carboxylic acid groups (broad SMARTS) is 1. The van der Waals surface area contributed by atoms with Crippen LogP contribution in [0.5, 0.6) is 0 Å². The summed E-state index contributed by atoms with van der Waals surface area (Å²) < 4.78 is 5.34. The predicted octanol–water partition coefficient (Wildman–Crippen LogP) is 1.58. The molecule has 0 aromatic carbocycles. The van der Waals surface area contributed by atoms with Crippen molar-refractivity contribution in [3.8, 4) is 0 Å². The number of carboxylic acids is 1. The minimum atomic E-state index is -0.864. The molecule has 0 saturated carbocycles. The fourth-order valence-electron chi connectivity index (χ4n) is 1.36. The number of ether oxygens (including phenoxy) is 1. The normalized spacial score (nSPS) is 29.7. The second-order valence-electron chi connectivity index (χ2n) is 3.04. The second kappa shape index (κ2) is 3.72. The Balaban J connectivity index is 2.64. The van der Waals surface area contributed by atoms with Crippen LogP contribution in [-0.2, 0) is 9.53 Å². The van der Waals surface area contributed by atoms with Crippen molar-refractivity contribution in [2.75, 3.05) is 0 Å². The summed E-state index contributed by atoms with van der Waals surface area (Å²) in [6.45, 7) is 3.97. The lowest BCUT2D eigenvalue weighted by Crippen LogP contribution is -2.32.